The number of carbonyl (C=O) groups excluding carboxylic acids is 2. The molecule has 1 heterocycles. The minimum atomic E-state index is -0.179. The zero-order chi connectivity index (χ0) is 28.5. The topological polar surface area (TPSA) is 87.9 Å². The van der Waals surface area contributed by atoms with Crippen LogP contribution in [0.5, 0.6) is 5.75 Å². The highest BCUT2D eigenvalue weighted by Crippen LogP contribution is 2.23. The van der Waals surface area contributed by atoms with Gasteiger partial charge < -0.3 is 25.6 Å². The van der Waals surface area contributed by atoms with Crippen molar-refractivity contribution in [2.24, 2.45) is 5.73 Å². The molecule has 0 aliphatic carbocycles. The number of anilines is 1. The maximum absolute atomic E-state index is 13.4. The van der Waals surface area contributed by atoms with E-state index in [4.69, 9.17) is 10.5 Å². The molecule has 3 aromatic carbocycles. The number of carbonyl (C=O) groups is 2. The predicted molar refractivity (Wildman–Crippen MR) is 163 cm³/mol. The lowest BCUT2D eigenvalue weighted by Crippen LogP contribution is -2.47. The van der Waals surface area contributed by atoms with Crippen LogP contribution in [0.1, 0.15) is 28.7 Å². The summed E-state index contributed by atoms with van der Waals surface area (Å²) < 4.78 is 7.02. The molecule has 0 saturated heterocycles. The second kappa shape index (κ2) is 14.1. The van der Waals surface area contributed by atoms with Gasteiger partial charge in [0.05, 0.1) is 13.1 Å². The van der Waals surface area contributed by atoms with Crippen molar-refractivity contribution in [3.05, 3.63) is 106 Å². The maximum Gasteiger partial charge on any atom is 0.242 e. The minimum absolute atomic E-state index is 0.0201. The van der Waals surface area contributed by atoms with Crippen molar-refractivity contribution in [3.8, 4) is 5.75 Å². The molecule has 0 saturated carbocycles. The molecule has 0 fully saturated rings. The van der Waals surface area contributed by atoms with E-state index in [1.54, 1.807) is 9.80 Å². The molecule has 8 heteroatoms. The van der Waals surface area contributed by atoms with Gasteiger partial charge in [-0.1, -0.05) is 76.1 Å². The quantitative estimate of drug-likeness (QED) is 0.322. The van der Waals surface area contributed by atoms with E-state index < -0.39 is 0 Å². The van der Waals surface area contributed by atoms with E-state index in [0.717, 1.165) is 33.3 Å². The third-order valence-electron chi connectivity index (χ3n) is 6.89. The van der Waals surface area contributed by atoms with E-state index in [-0.39, 0.29) is 30.9 Å². The third-order valence-corrected chi connectivity index (χ3v) is 7.63. The fourth-order valence-electron chi connectivity index (χ4n) is 4.66. The van der Waals surface area contributed by atoms with Gasteiger partial charge in [0, 0.05) is 41.9 Å². The molecule has 210 valence electrons. The van der Waals surface area contributed by atoms with Gasteiger partial charge in [0.25, 0.3) is 0 Å². The van der Waals surface area contributed by atoms with Gasteiger partial charge in [-0.3, -0.25) is 9.59 Å². The number of amides is 2. The van der Waals surface area contributed by atoms with Crippen LogP contribution in [0.2, 0.25) is 0 Å². The highest BCUT2D eigenvalue weighted by atomic mass is 79.9. The number of nitrogens with zero attached hydrogens (tertiary/aromatic N) is 2. The van der Waals surface area contributed by atoms with Crippen LogP contribution in [0.3, 0.4) is 0 Å². The normalized spacial score (nSPS) is 14.9. The molecule has 40 heavy (non-hydrogen) atoms. The van der Waals surface area contributed by atoms with Gasteiger partial charge in [-0.2, -0.15) is 0 Å². The predicted octanol–water partition coefficient (Wildman–Crippen LogP) is 4.88. The molecule has 0 aromatic heterocycles. The Labute approximate surface area is 245 Å². The summed E-state index contributed by atoms with van der Waals surface area (Å²) in [5, 5.41) is 3.02. The summed E-state index contributed by atoms with van der Waals surface area (Å²) in [5.74, 6) is 0.407. The molecular weight excluding hydrogens is 568 g/mol. The lowest BCUT2D eigenvalue weighted by atomic mass is 10.1. The first-order valence-corrected chi connectivity index (χ1v) is 14.3. The van der Waals surface area contributed by atoms with E-state index in [0.29, 0.717) is 32.0 Å². The van der Waals surface area contributed by atoms with Crippen molar-refractivity contribution in [3.63, 3.8) is 0 Å². The standard InChI is InChI=1S/C32H37BrN4O3/c1-23-8-5-10-25(16-23)22-40-28-13-7-12-27(17-28)37(21-32(39)36-15-4-3-11-26(34)19-36)20-31(38)35-18-29-24(2)9-6-14-30(29)33/h3-10,12-14,16-17,26H,11,15,18-22,34H2,1-2H3,(H,35,38). The zero-order valence-corrected chi connectivity index (χ0v) is 24.7. The van der Waals surface area contributed by atoms with Crippen LogP contribution in [0.25, 0.3) is 0 Å². The van der Waals surface area contributed by atoms with Crippen molar-refractivity contribution < 1.29 is 14.3 Å². The SMILES string of the molecule is Cc1cccc(COc2cccc(N(CC(=O)NCc3c(C)cccc3Br)CC(=O)N3CC=CCC(N)C3)c2)c1. The lowest BCUT2D eigenvalue weighted by Gasteiger charge is -2.29. The van der Waals surface area contributed by atoms with Crippen LogP contribution in [0.15, 0.2) is 83.4 Å². The highest BCUT2D eigenvalue weighted by molar-refractivity contribution is 9.10. The number of halogens is 1. The van der Waals surface area contributed by atoms with Crippen molar-refractivity contribution in [1.29, 1.82) is 0 Å². The van der Waals surface area contributed by atoms with E-state index in [1.807, 2.05) is 73.7 Å². The number of hydrogen-bond acceptors (Lipinski definition) is 5. The van der Waals surface area contributed by atoms with Crippen LogP contribution in [-0.2, 0) is 22.7 Å². The summed E-state index contributed by atoms with van der Waals surface area (Å²) >= 11 is 3.57. The molecule has 2 amide bonds. The average molecular weight is 606 g/mol. The van der Waals surface area contributed by atoms with Crippen molar-refractivity contribution >= 4 is 33.4 Å². The summed E-state index contributed by atoms with van der Waals surface area (Å²) in [6, 6.07) is 21.5. The molecule has 1 aliphatic rings. The van der Waals surface area contributed by atoms with Gasteiger partial charge in [-0.05, 0) is 55.2 Å². The largest absolute Gasteiger partial charge is 0.489 e. The molecule has 4 rings (SSSR count). The summed E-state index contributed by atoms with van der Waals surface area (Å²) in [5.41, 5.74) is 11.3. The summed E-state index contributed by atoms with van der Waals surface area (Å²) in [4.78, 5) is 30.1. The molecule has 0 radical (unpaired) electrons. The fourth-order valence-corrected chi connectivity index (χ4v) is 5.26. The van der Waals surface area contributed by atoms with Gasteiger partial charge in [0.2, 0.25) is 11.8 Å². The second-order valence-corrected chi connectivity index (χ2v) is 11.1. The summed E-state index contributed by atoms with van der Waals surface area (Å²) in [7, 11) is 0. The van der Waals surface area contributed by atoms with Crippen LogP contribution < -0.4 is 20.7 Å². The van der Waals surface area contributed by atoms with Gasteiger partial charge in [-0.15, -0.1) is 0 Å². The first kappa shape index (κ1) is 29.4. The Morgan fingerprint density at radius 2 is 1.85 bits per heavy atom. The number of aryl methyl sites for hydroxylation is 2. The number of nitrogens with one attached hydrogen (secondary N) is 1. The molecular formula is C32H37BrN4O3. The van der Waals surface area contributed by atoms with E-state index in [9.17, 15) is 9.59 Å². The van der Waals surface area contributed by atoms with Crippen LogP contribution >= 0.6 is 15.9 Å². The van der Waals surface area contributed by atoms with E-state index >= 15 is 0 Å². The highest BCUT2D eigenvalue weighted by Gasteiger charge is 2.22. The molecule has 0 spiro atoms. The summed E-state index contributed by atoms with van der Waals surface area (Å²) in [6.45, 7) is 5.93. The molecule has 1 atom stereocenters. The maximum atomic E-state index is 13.4. The second-order valence-electron chi connectivity index (χ2n) is 10.2. The number of nitrogens with two attached hydrogens (primary N) is 1. The molecule has 1 aliphatic heterocycles. The Morgan fingerprint density at radius 3 is 2.65 bits per heavy atom. The van der Waals surface area contributed by atoms with Gasteiger partial charge in [0.15, 0.2) is 0 Å². The average Bonchev–Trinajstić information content (AvgIpc) is 3.16. The van der Waals surface area contributed by atoms with Crippen LogP contribution in [0, 0.1) is 13.8 Å². The molecule has 7 nitrogen and oxygen atoms in total. The molecule has 0 bridgehead atoms. The van der Waals surface area contributed by atoms with Crippen molar-refractivity contribution in [2.75, 3.05) is 31.1 Å². The fraction of sp³-hybridized carbons (Fsp3) is 0.312. The first-order chi connectivity index (χ1) is 19.3. The van der Waals surface area contributed by atoms with Gasteiger partial charge >= 0.3 is 0 Å². The number of benzene rings is 3. The Morgan fingerprint density at radius 1 is 1.05 bits per heavy atom. The Hall–Kier alpha value is -3.62. The Balaban J connectivity index is 1.49. The van der Waals surface area contributed by atoms with Gasteiger partial charge in [-0.25, -0.2) is 0 Å². The van der Waals surface area contributed by atoms with Crippen LogP contribution in [-0.4, -0.2) is 48.9 Å². The summed E-state index contributed by atoms with van der Waals surface area (Å²) in [6.07, 6.45) is 4.73. The third kappa shape index (κ3) is 8.44. The number of rotatable bonds is 10. The minimum Gasteiger partial charge on any atom is -0.489 e. The molecule has 3 aromatic rings. The lowest BCUT2D eigenvalue weighted by molar-refractivity contribution is -0.129. The first-order valence-electron chi connectivity index (χ1n) is 13.5. The van der Waals surface area contributed by atoms with E-state index in [1.165, 1.54) is 5.56 Å². The van der Waals surface area contributed by atoms with Crippen molar-refractivity contribution in [2.45, 2.75) is 39.5 Å². The Kier molecular flexibility index (Phi) is 10.4. The smallest absolute Gasteiger partial charge is 0.242 e. The molecule has 3 N–H and O–H groups in total. The molecule has 1 unspecified atom stereocenters. The zero-order valence-electron chi connectivity index (χ0n) is 23.1. The van der Waals surface area contributed by atoms with E-state index in [2.05, 4.69) is 40.3 Å². The monoisotopic (exact) mass is 604 g/mol. The Bertz CT molecular complexity index is 1340. The number of hydrogen-bond donors (Lipinski definition) is 2. The van der Waals surface area contributed by atoms with Gasteiger partial charge in [0.1, 0.15) is 12.4 Å². The van der Waals surface area contributed by atoms with Crippen LogP contribution in [0.4, 0.5) is 5.69 Å². The van der Waals surface area contributed by atoms with Crippen molar-refractivity contribution in [1.82, 2.24) is 10.2 Å². The number of ether oxygens (including phenoxy) is 1.